The van der Waals surface area contributed by atoms with E-state index in [2.05, 4.69) is 36.0 Å². The van der Waals surface area contributed by atoms with E-state index in [9.17, 15) is 27.6 Å². The molecule has 0 radical (unpaired) electrons. The van der Waals surface area contributed by atoms with Crippen LogP contribution >= 0.6 is 0 Å². The van der Waals surface area contributed by atoms with Gasteiger partial charge in [0.05, 0.1) is 17.0 Å². The fraction of sp³-hybridized carbons (Fsp3) is 0.548. The smallest absolute Gasteiger partial charge is 0.254 e. The summed E-state index contributed by atoms with van der Waals surface area (Å²) in [6, 6.07) is 9.18. The molecule has 0 aromatic heterocycles. The Balaban J connectivity index is 0.000000406. The molecule has 52 heavy (non-hydrogen) atoms. The number of allylic oxidation sites excluding steroid dienone is 3. The van der Waals surface area contributed by atoms with Crippen LogP contribution in [-0.2, 0) is 4.79 Å². The molecular formula is C42H63F3N4O3. The van der Waals surface area contributed by atoms with Crippen molar-refractivity contribution >= 4 is 17.7 Å². The lowest BCUT2D eigenvalue weighted by Crippen LogP contribution is -2.37. The lowest BCUT2D eigenvalue weighted by Gasteiger charge is -2.26. The SMILES string of the molecule is C=C(C)/C=C(\C)F.CCCC.Cc1ccc(C(=O)NCCC(=O)N2CCCCC2)c(F)c1.Cc1ccc(C(=O)NCCCN2CCCCC2)c(F)c1. The van der Waals surface area contributed by atoms with Crippen LogP contribution in [0.3, 0.4) is 0 Å². The molecule has 2 aliphatic heterocycles. The lowest BCUT2D eigenvalue weighted by atomic mass is 10.1. The predicted molar refractivity (Wildman–Crippen MR) is 207 cm³/mol. The maximum Gasteiger partial charge on any atom is 0.254 e. The predicted octanol–water partition coefficient (Wildman–Crippen LogP) is 9.25. The summed E-state index contributed by atoms with van der Waals surface area (Å²) >= 11 is 0. The number of halogens is 3. The maximum absolute atomic E-state index is 13.6. The highest BCUT2D eigenvalue weighted by Gasteiger charge is 2.17. The second kappa shape index (κ2) is 26.8. The van der Waals surface area contributed by atoms with E-state index in [-0.39, 0.29) is 41.7 Å². The van der Waals surface area contributed by atoms with E-state index in [1.165, 1.54) is 82.8 Å². The molecule has 2 saturated heterocycles. The Hall–Kier alpha value is -3.92. The van der Waals surface area contributed by atoms with Crippen LogP contribution in [0.5, 0.6) is 0 Å². The number of likely N-dealkylation sites (tertiary alicyclic amines) is 2. The van der Waals surface area contributed by atoms with Crippen molar-refractivity contribution in [3.8, 4) is 0 Å². The van der Waals surface area contributed by atoms with E-state index in [0.29, 0.717) is 6.54 Å². The van der Waals surface area contributed by atoms with Crippen LogP contribution in [0.15, 0.2) is 60.5 Å². The Labute approximate surface area is 311 Å². The molecule has 2 heterocycles. The molecule has 7 nitrogen and oxygen atoms in total. The van der Waals surface area contributed by atoms with Crippen LogP contribution in [0.2, 0.25) is 0 Å². The van der Waals surface area contributed by atoms with Gasteiger partial charge < -0.3 is 20.4 Å². The number of hydrogen-bond donors (Lipinski definition) is 2. The Morgan fingerprint density at radius 3 is 1.62 bits per heavy atom. The number of nitrogens with one attached hydrogen (secondary N) is 2. The first-order valence-electron chi connectivity index (χ1n) is 18.9. The quantitative estimate of drug-likeness (QED) is 0.179. The van der Waals surface area contributed by atoms with Gasteiger partial charge in [0, 0.05) is 32.6 Å². The van der Waals surface area contributed by atoms with E-state index in [0.717, 1.165) is 55.6 Å². The fourth-order valence-corrected chi connectivity index (χ4v) is 5.41. The molecule has 2 aromatic carbocycles. The summed E-state index contributed by atoms with van der Waals surface area (Å²) in [5.74, 6) is -1.90. The van der Waals surface area contributed by atoms with E-state index in [4.69, 9.17) is 0 Å². The Kier molecular flexibility index (Phi) is 23.8. The van der Waals surface area contributed by atoms with Crippen molar-refractivity contribution in [3.63, 3.8) is 0 Å². The second-order valence-corrected chi connectivity index (χ2v) is 13.5. The van der Waals surface area contributed by atoms with Crippen molar-refractivity contribution in [2.75, 3.05) is 45.8 Å². The number of carbonyl (C=O) groups is 3. The lowest BCUT2D eigenvalue weighted by molar-refractivity contribution is -0.131. The Morgan fingerprint density at radius 2 is 1.21 bits per heavy atom. The topological polar surface area (TPSA) is 81.8 Å². The molecular weight excluding hydrogens is 665 g/mol. The van der Waals surface area contributed by atoms with Crippen molar-refractivity contribution in [2.45, 2.75) is 106 Å². The minimum Gasteiger partial charge on any atom is -0.352 e. The molecule has 0 saturated carbocycles. The van der Waals surface area contributed by atoms with Gasteiger partial charge >= 0.3 is 0 Å². The molecule has 0 bridgehead atoms. The van der Waals surface area contributed by atoms with Crippen LogP contribution in [0.4, 0.5) is 13.2 Å². The number of nitrogens with zero attached hydrogens (tertiary/aromatic N) is 2. The van der Waals surface area contributed by atoms with Gasteiger partial charge in [-0.2, -0.15) is 0 Å². The van der Waals surface area contributed by atoms with E-state index in [1.54, 1.807) is 32.0 Å². The van der Waals surface area contributed by atoms with E-state index >= 15 is 0 Å². The van der Waals surface area contributed by atoms with Crippen molar-refractivity contribution in [2.24, 2.45) is 0 Å². The zero-order chi connectivity index (χ0) is 38.9. The number of amides is 3. The third-order valence-electron chi connectivity index (χ3n) is 8.40. The molecule has 2 aliphatic rings. The zero-order valence-electron chi connectivity index (χ0n) is 32.5. The second-order valence-electron chi connectivity index (χ2n) is 13.5. The molecule has 0 unspecified atom stereocenters. The average molecular weight is 729 g/mol. The van der Waals surface area contributed by atoms with E-state index < -0.39 is 17.5 Å². The number of benzene rings is 2. The number of unbranched alkanes of at least 4 members (excludes halogenated alkanes) is 1. The largest absolute Gasteiger partial charge is 0.352 e. The van der Waals surface area contributed by atoms with Gasteiger partial charge in [-0.25, -0.2) is 13.2 Å². The van der Waals surface area contributed by atoms with Gasteiger partial charge in [0.1, 0.15) is 11.6 Å². The summed E-state index contributed by atoms with van der Waals surface area (Å²) in [4.78, 5) is 39.9. The average Bonchev–Trinajstić information content (AvgIpc) is 3.11. The zero-order valence-corrected chi connectivity index (χ0v) is 32.5. The molecule has 0 atom stereocenters. The number of rotatable bonds is 11. The van der Waals surface area contributed by atoms with Gasteiger partial charge in [0.2, 0.25) is 5.91 Å². The van der Waals surface area contributed by atoms with E-state index in [1.807, 2.05) is 11.8 Å². The summed E-state index contributed by atoms with van der Waals surface area (Å²) in [6.45, 7) is 20.4. The monoisotopic (exact) mass is 728 g/mol. The molecule has 10 heteroatoms. The summed E-state index contributed by atoms with van der Waals surface area (Å²) < 4.78 is 39.0. The van der Waals surface area contributed by atoms with Gasteiger partial charge in [-0.1, -0.05) is 57.4 Å². The standard InChI is InChI=1S/C16H21FN2O2.C16H23FN2O.C6H9F.C4H10/c1-12-5-6-13(14(17)11-12)16(21)18-8-7-15(20)19-9-3-2-4-10-19;1-13-6-7-14(15(17)12-13)16(20)18-8-5-11-19-9-3-2-4-10-19;1-5(2)4-6(3)7;1-3-4-2/h5-6,11H,2-4,7-10H2,1H3,(H,18,21);6-7,12H,2-5,8-11H2,1H3,(H,18,20);4H,1H2,2-3H3;3-4H2,1-2H3/b;;6-4+;. The first-order chi connectivity index (χ1) is 24.8. The van der Waals surface area contributed by atoms with Crippen molar-refractivity contribution < 1.29 is 27.6 Å². The number of carbonyl (C=O) groups excluding carboxylic acids is 3. The third-order valence-corrected chi connectivity index (χ3v) is 8.40. The third kappa shape index (κ3) is 20.2. The minimum atomic E-state index is -0.533. The molecule has 2 aromatic rings. The van der Waals surface area contributed by atoms with Crippen molar-refractivity contribution in [1.82, 2.24) is 20.4 Å². The van der Waals surface area contributed by atoms with Crippen LogP contribution < -0.4 is 10.6 Å². The Bertz CT molecular complexity index is 1410. The molecule has 4 rings (SSSR count). The van der Waals surface area contributed by atoms with Gasteiger partial charge in [-0.3, -0.25) is 14.4 Å². The molecule has 3 amide bonds. The Morgan fingerprint density at radius 1 is 0.750 bits per heavy atom. The van der Waals surface area contributed by atoms with Gasteiger partial charge in [0.15, 0.2) is 0 Å². The highest BCUT2D eigenvalue weighted by atomic mass is 19.1. The van der Waals surface area contributed by atoms with Gasteiger partial charge in [-0.15, -0.1) is 0 Å². The highest BCUT2D eigenvalue weighted by molar-refractivity contribution is 5.95. The summed E-state index contributed by atoms with van der Waals surface area (Å²) in [5, 5.41) is 5.40. The van der Waals surface area contributed by atoms with Crippen LogP contribution in [-0.4, -0.2) is 73.3 Å². The fourth-order valence-electron chi connectivity index (χ4n) is 5.41. The minimum absolute atomic E-state index is 0.0195. The van der Waals surface area contributed by atoms with Crippen molar-refractivity contribution in [3.05, 3.63) is 94.3 Å². The number of hydrogen-bond acceptors (Lipinski definition) is 4. The van der Waals surface area contributed by atoms with Crippen molar-refractivity contribution in [1.29, 1.82) is 0 Å². The van der Waals surface area contributed by atoms with Crippen LogP contribution in [0.1, 0.15) is 124 Å². The van der Waals surface area contributed by atoms with Gasteiger partial charge in [-0.05, 0) is 127 Å². The first kappa shape index (κ1) is 46.1. The highest BCUT2D eigenvalue weighted by Crippen LogP contribution is 2.12. The number of piperidine rings is 2. The molecule has 0 spiro atoms. The van der Waals surface area contributed by atoms with Crippen LogP contribution in [0.25, 0.3) is 0 Å². The first-order valence-corrected chi connectivity index (χ1v) is 18.9. The normalized spacial score (nSPS) is 14.3. The summed E-state index contributed by atoms with van der Waals surface area (Å²) in [7, 11) is 0. The molecule has 2 fully saturated rings. The maximum atomic E-state index is 13.6. The summed E-state index contributed by atoms with van der Waals surface area (Å²) in [6.07, 6.45) is 12.4. The molecule has 2 N–H and O–H groups in total. The van der Waals surface area contributed by atoms with Crippen LogP contribution in [0, 0.1) is 25.5 Å². The van der Waals surface area contributed by atoms with Gasteiger partial charge in [0.25, 0.3) is 11.8 Å². The molecule has 0 aliphatic carbocycles. The number of aryl methyl sites for hydroxylation is 2. The molecule has 290 valence electrons. The summed E-state index contributed by atoms with van der Waals surface area (Å²) in [5.41, 5.74) is 2.49.